The van der Waals surface area contributed by atoms with E-state index in [2.05, 4.69) is 38.0 Å². The van der Waals surface area contributed by atoms with Crippen molar-refractivity contribution >= 4 is 5.97 Å². The number of carbonyl (C=O) groups is 1. The third kappa shape index (κ3) is 8.40. The fourth-order valence-electron chi connectivity index (χ4n) is 3.88. The van der Waals surface area contributed by atoms with Gasteiger partial charge in [0.05, 0.1) is 12.5 Å². The van der Waals surface area contributed by atoms with Crippen LogP contribution in [0.1, 0.15) is 72.1 Å². The van der Waals surface area contributed by atoms with Crippen molar-refractivity contribution in [1.82, 2.24) is 0 Å². The van der Waals surface area contributed by atoms with Gasteiger partial charge in [0.1, 0.15) is 0 Å². The van der Waals surface area contributed by atoms with E-state index in [0.717, 1.165) is 24.7 Å². The molecule has 2 aliphatic carbocycles. The van der Waals surface area contributed by atoms with Gasteiger partial charge in [-0.2, -0.15) is 0 Å². The van der Waals surface area contributed by atoms with Crippen molar-refractivity contribution in [2.24, 2.45) is 17.8 Å². The monoisotopic (exact) mass is 348 g/mol. The van der Waals surface area contributed by atoms with Crippen LogP contribution in [0.5, 0.6) is 0 Å². The number of fused-ring (bicyclic) bond motifs is 1. The van der Waals surface area contributed by atoms with Gasteiger partial charge in [0.15, 0.2) is 0 Å². The molecule has 0 radical (unpaired) electrons. The maximum atomic E-state index is 10.5. The number of hydrogen-bond acceptors (Lipinski definition) is 2. The Morgan fingerprint density at radius 3 is 2.64 bits per heavy atom. The molecule has 0 amide bonds. The van der Waals surface area contributed by atoms with Crippen molar-refractivity contribution in [3.05, 3.63) is 23.8 Å². The molecule has 0 aromatic heterocycles. The maximum absolute atomic E-state index is 10.5. The zero-order chi connectivity index (χ0) is 19.2. The molecule has 0 saturated heterocycles. The molecule has 3 heteroatoms. The van der Waals surface area contributed by atoms with Gasteiger partial charge in [-0.1, -0.05) is 51.8 Å². The van der Waals surface area contributed by atoms with E-state index in [4.69, 9.17) is 5.11 Å². The smallest absolute Gasteiger partial charge is 0.305 e. The zero-order valence-corrected chi connectivity index (χ0v) is 16.2. The standard InChI is InChI=1S/C18H28O3.C2H6.C2H2/c1-13-10-11-14-6-2-4-9-17(14)16(13)8-5-3-7-15(19)12-18(20)21;2*1-2/h6,10-11,13,15-17,19H,2-5,7-9,12H2,1H3,(H,20,21);1-2H3;1-2H/t13-,15+,16-,17?;;/m0../s1. The summed E-state index contributed by atoms with van der Waals surface area (Å²) in [7, 11) is 0. The predicted molar refractivity (Wildman–Crippen MR) is 105 cm³/mol. The maximum Gasteiger partial charge on any atom is 0.305 e. The number of aliphatic carboxylic acids is 1. The van der Waals surface area contributed by atoms with Gasteiger partial charge in [-0.3, -0.25) is 4.79 Å². The van der Waals surface area contributed by atoms with Gasteiger partial charge >= 0.3 is 5.97 Å². The van der Waals surface area contributed by atoms with Gasteiger partial charge in [0.25, 0.3) is 0 Å². The molecule has 0 fully saturated rings. The lowest BCUT2D eigenvalue weighted by Gasteiger charge is -2.37. The minimum Gasteiger partial charge on any atom is -0.481 e. The van der Waals surface area contributed by atoms with E-state index in [9.17, 15) is 9.90 Å². The average molecular weight is 349 g/mol. The van der Waals surface area contributed by atoms with Crippen molar-refractivity contribution < 1.29 is 15.0 Å². The molecule has 2 rings (SSSR count). The molecule has 3 nitrogen and oxygen atoms in total. The highest BCUT2D eigenvalue weighted by molar-refractivity contribution is 5.67. The first-order valence-electron chi connectivity index (χ1n) is 9.69. The number of hydrogen-bond donors (Lipinski definition) is 2. The van der Waals surface area contributed by atoms with E-state index < -0.39 is 12.1 Å². The number of aliphatic hydroxyl groups excluding tert-OH is 1. The number of allylic oxidation sites excluding steroid dienone is 4. The molecule has 25 heavy (non-hydrogen) atoms. The molecular weight excluding hydrogens is 312 g/mol. The first-order valence-corrected chi connectivity index (χ1v) is 9.69. The molecule has 2 aliphatic rings. The van der Waals surface area contributed by atoms with Crippen molar-refractivity contribution in [3.8, 4) is 12.8 Å². The number of carboxylic acids is 1. The summed E-state index contributed by atoms with van der Waals surface area (Å²) in [6.45, 7) is 6.31. The summed E-state index contributed by atoms with van der Waals surface area (Å²) in [5.41, 5.74) is 1.54. The summed E-state index contributed by atoms with van der Waals surface area (Å²) in [6, 6.07) is 0. The van der Waals surface area contributed by atoms with Crippen LogP contribution in [0.3, 0.4) is 0 Å². The lowest BCUT2D eigenvalue weighted by Crippen LogP contribution is -2.27. The van der Waals surface area contributed by atoms with Gasteiger partial charge in [-0.05, 0) is 55.4 Å². The Bertz CT molecular complexity index is 447. The molecule has 1 unspecified atom stereocenters. The summed E-state index contributed by atoms with van der Waals surface area (Å²) in [4.78, 5) is 10.5. The summed E-state index contributed by atoms with van der Waals surface area (Å²) in [5.74, 6) is 1.17. The number of rotatable bonds is 7. The number of carboxylic acid groups (broad SMARTS) is 1. The average Bonchev–Trinajstić information content (AvgIpc) is 2.63. The van der Waals surface area contributed by atoms with Crippen molar-refractivity contribution in [2.45, 2.75) is 78.2 Å². The van der Waals surface area contributed by atoms with Crippen LogP contribution in [0.4, 0.5) is 0 Å². The van der Waals surface area contributed by atoms with Crippen LogP contribution in [-0.4, -0.2) is 22.3 Å². The Kier molecular flexibility index (Phi) is 12.9. The number of unbranched alkanes of at least 4 members (excludes halogenated alkanes) is 1. The number of aliphatic hydroxyl groups is 1. The van der Waals surface area contributed by atoms with E-state index in [1.165, 1.54) is 31.3 Å². The summed E-state index contributed by atoms with van der Waals surface area (Å²) in [6.07, 6.45) is 21.9. The topological polar surface area (TPSA) is 57.5 Å². The van der Waals surface area contributed by atoms with Gasteiger partial charge in [0, 0.05) is 0 Å². The highest BCUT2D eigenvalue weighted by Gasteiger charge is 2.31. The second-order valence-electron chi connectivity index (χ2n) is 6.66. The molecule has 0 heterocycles. The molecule has 142 valence electrons. The van der Waals surface area contributed by atoms with Crippen LogP contribution >= 0.6 is 0 Å². The Labute approximate surface area is 154 Å². The molecule has 2 N–H and O–H groups in total. The van der Waals surface area contributed by atoms with Crippen LogP contribution in [0.25, 0.3) is 0 Å². The van der Waals surface area contributed by atoms with E-state index in [-0.39, 0.29) is 6.42 Å². The normalized spacial score (nSPS) is 25.2. The van der Waals surface area contributed by atoms with E-state index in [0.29, 0.717) is 12.3 Å². The van der Waals surface area contributed by atoms with Crippen LogP contribution in [0.15, 0.2) is 23.8 Å². The summed E-state index contributed by atoms with van der Waals surface area (Å²) >= 11 is 0. The van der Waals surface area contributed by atoms with Crippen LogP contribution in [-0.2, 0) is 4.79 Å². The Balaban J connectivity index is 0.00000134. The molecular formula is C22H36O3. The van der Waals surface area contributed by atoms with Gasteiger partial charge in [-0.25, -0.2) is 0 Å². The van der Waals surface area contributed by atoms with E-state index >= 15 is 0 Å². The van der Waals surface area contributed by atoms with Gasteiger partial charge in [-0.15, -0.1) is 12.8 Å². The van der Waals surface area contributed by atoms with Gasteiger partial charge in [0.2, 0.25) is 0 Å². The minimum absolute atomic E-state index is 0.127. The van der Waals surface area contributed by atoms with E-state index in [1.54, 1.807) is 0 Å². The van der Waals surface area contributed by atoms with Crippen molar-refractivity contribution in [2.75, 3.05) is 0 Å². The number of terminal acetylenes is 1. The largest absolute Gasteiger partial charge is 0.481 e. The van der Waals surface area contributed by atoms with Crippen LogP contribution in [0, 0.1) is 30.6 Å². The first kappa shape index (κ1) is 23.5. The second kappa shape index (κ2) is 13.7. The summed E-state index contributed by atoms with van der Waals surface area (Å²) in [5, 5.41) is 18.2. The quantitative estimate of drug-likeness (QED) is 0.491. The third-order valence-corrected chi connectivity index (χ3v) is 5.05. The molecule has 0 saturated carbocycles. The third-order valence-electron chi connectivity index (χ3n) is 5.05. The molecule has 0 aromatic carbocycles. The zero-order valence-electron chi connectivity index (χ0n) is 16.2. The fraction of sp³-hybridized carbons (Fsp3) is 0.682. The molecule has 0 spiro atoms. The lowest BCUT2D eigenvalue weighted by atomic mass is 9.68. The lowest BCUT2D eigenvalue weighted by molar-refractivity contribution is -0.139. The molecule has 4 atom stereocenters. The minimum atomic E-state index is -0.912. The Hall–Kier alpha value is -1.53. The van der Waals surface area contributed by atoms with Crippen LogP contribution in [0.2, 0.25) is 0 Å². The van der Waals surface area contributed by atoms with Gasteiger partial charge < -0.3 is 10.2 Å². The SMILES string of the molecule is C#C.CC.C[C@H]1C=CC2=CCCCC2[C@H]1CCCC[C@@H](O)CC(=O)O. The summed E-state index contributed by atoms with van der Waals surface area (Å²) < 4.78 is 0. The fourth-order valence-corrected chi connectivity index (χ4v) is 3.88. The first-order chi connectivity index (χ1) is 12.1. The van der Waals surface area contributed by atoms with Crippen molar-refractivity contribution in [3.63, 3.8) is 0 Å². The highest BCUT2D eigenvalue weighted by atomic mass is 16.4. The Morgan fingerprint density at radius 1 is 1.32 bits per heavy atom. The van der Waals surface area contributed by atoms with E-state index in [1.807, 2.05) is 13.8 Å². The van der Waals surface area contributed by atoms with Crippen molar-refractivity contribution in [1.29, 1.82) is 0 Å². The Morgan fingerprint density at radius 2 is 2.00 bits per heavy atom. The molecule has 0 aliphatic heterocycles. The second-order valence-corrected chi connectivity index (χ2v) is 6.66. The van der Waals surface area contributed by atoms with Crippen LogP contribution < -0.4 is 0 Å². The molecule has 0 bridgehead atoms. The highest BCUT2D eigenvalue weighted by Crippen LogP contribution is 2.42. The predicted octanol–water partition coefficient (Wildman–Crippen LogP) is 5.21. The molecule has 0 aromatic rings.